The molecule has 336 valence electrons. The van der Waals surface area contributed by atoms with Crippen molar-refractivity contribution in [1.82, 2.24) is 0 Å². The summed E-state index contributed by atoms with van der Waals surface area (Å²) in [4.78, 5) is 2.61. The molecule has 0 aliphatic heterocycles. The van der Waals surface area contributed by atoms with Crippen molar-refractivity contribution >= 4 is 49.4 Å². The number of benzene rings is 10. The van der Waals surface area contributed by atoms with Gasteiger partial charge >= 0.3 is 0 Å². The molecule has 0 aromatic heterocycles. The van der Waals surface area contributed by atoms with Crippen LogP contribution in [0.1, 0.15) is 74.0 Å². The van der Waals surface area contributed by atoms with E-state index in [4.69, 9.17) is 0 Å². The Morgan fingerprint density at radius 1 is 0.386 bits per heavy atom. The molecule has 0 amide bonds. The molecule has 5 fully saturated rings. The third kappa shape index (κ3) is 5.08. The van der Waals surface area contributed by atoms with Crippen molar-refractivity contribution in [2.24, 2.45) is 29.1 Å². The molecule has 0 saturated heterocycles. The number of nitrogens with zero attached hydrogens (tertiary/aromatic N) is 1. The van der Waals surface area contributed by atoms with Crippen LogP contribution in [0.15, 0.2) is 206 Å². The second kappa shape index (κ2) is 14.7. The molecule has 10 aromatic rings. The van der Waals surface area contributed by atoms with Gasteiger partial charge in [0.1, 0.15) is 0 Å². The van der Waals surface area contributed by atoms with E-state index < -0.39 is 0 Å². The zero-order valence-electron chi connectivity index (χ0n) is 39.6. The Morgan fingerprint density at radius 2 is 1.01 bits per heavy atom. The van der Waals surface area contributed by atoms with Crippen LogP contribution in [-0.4, -0.2) is 0 Å². The predicted octanol–water partition coefficient (Wildman–Crippen LogP) is 18.6. The molecule has 5 saturated carbocycles. The Hall–Kier alpha value is -7.22. The molecule has 0 bridgehead atoms. The van der Waals surface area contributed by atoms with Crippen LogP contribution in [0, 0.1) is 29.1 Å². The van der Waals surface area contributed by atoms with Gasteiger partial charge in [-0.05, 0) is 180 Å². The normalized spacial score (nSPS) is 24.5. The molecule has 6 aliphatic rings. The van der Waals surface area contributed by atoms with Crippen molar-refractivity contribution in [3.05, 3.63) is 223 Å². The van der Waals surface area contributed by atoms with Crippen molar-refractivity contribution in [3.63, 3.8) is 0 Å². The molecule has 0 heterocycles. The average molecular weight is 898 g/mol. The number of rotatable bonds is 7. The maximum Gasteiger partial charge on any atom is 0.0540 e. The van der Waals surface area contributed by atoms with E-state index in [1.54, 1.807) is 11.1 Å². The highest BCUT2D eigenvalue weighted by Gasteiger charge is 2.90. The SMILES string of the molecule is c1cc(-c2cccc3c2ccc2ccccc23)cc(N(c2ccccc2-c2ccc3c(c2)C2(c4ccccc4-3)C3CC4CC5CC2C453)c2ccccc2-c2cccc3cccc(C4CCCCC4)c23)c1. The molecular formula is C69H55N. The first-order chi connectivity index (χ1) is 34.7. The van der Waals surface area contributed by atoms with E-state index in [-0.39, 0.29) is 5.41 Å². The number of hydrogen-bond donors (Lipinski definition) is 0. The number of anilines is 3. The third-order valence-corrected chi connectivity index (χ3v) is 19.5. The van der Waals surface area contributed by atoms with Crippen LogP contribution in [0.3, 0.4) is 0 Å². The molecule has 0 N–H and O–H groups in total. The molecule has 4 unspecified atom stereocenters. The van der Waals surface area contributed by atoms with Crippen LogP contribution >= 0.6 is 0 Å². The maximum atomic E-state index is 2.67. The monoisotopic (exact) mass is 897 g/mol. The van der Waals surface area contributed by atoms with Crippen LogP contribution in [0.2, 0.25) is 0 Å². The van der Waals surface area contributed by atoms with Crippen LogP contribution in [-0.2, 0) is 5.41 Å². The van der Waals surface area contributed by atoms with Crippen LogP contribution < -0.4 is 4.90 Å². The summed E-state index contributed by atoms with van der Waals surface area (Å²) < 4.78 is 0. The molecule has 1 nitrogen and oxygen atoms in total. The second-order valence-corrected chi connectivity index (χ2v) is 22.1. The summed E-state index contributed by atoms with van der Waals surface area (Å²) in [6, 6.07) is 79.4. The average Bonchev–Trinajstić information content (AvgIpc) is 3.70. The van der Waals surface area contributed by atoms with Gasteiger partial charge in [-0.3, -0.25) is 0 Å². The van der Waals surface area contributed by atoms with Gasteiger partial charge in [0.05, 0.1) is 11.4 Å². The van der Waals surface area contributed by atoms with Gasteiger partial charge in [0.15, 0.2) is 0 Å². The summed E-state index contributed by atoms with van der Waals surface area (Å²) in [5.74, 6) is 4.11. The zero-order valence-corrected chi connectivity index (χ0v) is 39.6. The fourth-order valence-electron chi connectivity index (χ4n) is 16.8. The van der Waals surface area contributed by atoms with Gasteiger partial charge in [0.25, 0.3) is 0 Å². The lowest BCUT2D eigenvalue weighted by atomic mass is 9.11. The largest absolute Gasteiger partial charge is 0.309 e. The molecule has 4 atom stereocenters. The van der Waals surface area contributed by atoms with E-state index in [2.05, 4.69) is 211 Å². The quantitative estimate of drug-likeness (QED) is 0.144. The molecular weight excluding hydrogens is 843 g/mol. The van der Waals surface area contributed by atoms with Crippen molar-refractivity contribution in [2.75, 3.05) is 4.90 Å². The van der Waals surface area contributed by atoms with Crippen LogP contribution in [0.5, 0.6) is 0 Å². The van der Waals surface area contributed by atoms with E-state index in [1.165, 1.54) is 145 Å². The molecule has 6 aliphatic carbocycles. The van der Waals surface area contributed by atoms with Gasteiger partial charge < -0.3 is 4.90 Å². The number of para-hydroxylation sites is 2. The standard InChI is InChI=1S/C69H55N/c1-2-16-43(17-3-1)54-28-13-19-45-20-14-30-60(67(45)54)59-26-8-11-33-64(59)70(50-22-12-21-46(38-50)52-27-15-29-55-51-23-5-4-18-44(51)34-36-56(52)55)63-32-10-7-24-53(63)47-35-37-58-57-25-6-9-31-61(57)69(62(58)39-47)65-41-48-40-49-42-66(69)68(48,49)65/h4-15,18-39,43,48-49,65-66H,1-3,16-17,40-42H2. The van der Waals surface area contributed by atoms with Gasteiger partial charge in [-0.25, -0.2) is 0 Å². The van der Waals surface area contributed by atoms with Gasteiger partial charge in [-0.1, -0.05) is 195 Å². The Morgan fingerprint density at radius 3 is 1.86 bits per heavy atom. The summed E-state index contributed by atoms with van der Waals surface area (Å²) in [6.07, 6.45) is 10.8. The molecule has 2 spiro atoms. The summed E-state index contributed by atoms with van der Waals surface area (Å²) in [5, 5.41) is 7.88. The lowest BCUT2D eigenvalue weighted by Gasteiger charge is -2.92. The van der Waals surface area contributed by atoms with Crippen LogP contribution in [0.4, 0.5) is 17.1 Å². The first-order valence-electron chi connectivity index (χ1n) is 26.5. The highest BCUT2D eigenvalue weighted by atomic mass is 15.1. The summed E-state index contributed by atoms with van der Waals surface area (Å²) in [5.41, 5.74) is 19.7. The van der Waals surface area contributed by atoms with E-state index in [0.717, 1.165) is 29.4 Å². The van der Waals surface area contributed by atoms with Crippen molar-refractivity contribution in [1.29, 1.82) is 0 Å². The predicted molar refractivity (Wildman–Crippen MR) is 292 cm³/mol. The van der Waals surface area contributed by atoms with Gasteiger partial charge in [-0.2, -0.15) is 0 Å². The van der Waals surface area contributed by atoms with Crippen LogP contribution in [0.25, 0.3) is 76.8 Å². The first kappa shape index (κ1) is 39.6. The van der Waals surface area contributed by atoms with Crippen molar-refractivity contribution < 1.29 is 0 Å². The van der Waals surface area contributed by atoms with Crippen molar-refractivity contribution in [3.8, 4) is 44.5 Å². The second-order valence-electron chi connectivity index (χ2n) is 22.1. The maximum absolute atomic E-state index is 2.67. The molecule has 70 heavy (non-hydrogen) atoms. The third-order valence-electron chi connectivity index (χ3n) is 19.5. The van der Waals surface area contributed by atoms with E-state index in [0.29, 0.717) is 11.3 Å². The fraction of sp³-hybridized carbons (Fsp3) is 0.217. The Bertz CT molecular complexity index is 3780. The molecule has 1 heteroatoms. The van der Waals surface area contributed by atoms with Gasteiger partial charge in [0.2, 0.25) is 0 Å². The van der Waals surface area contributed by atoms with Crippen molar-refractivity contribution in [2.45, 2.75) is 62.7 Å². The molecule has 16 rings (SSSR count). The summed E-state index contributed by atoms with van der Waals surface area (Å²) in [6.45, 7) is 0. The topological polar surface area (TPSA) is 3.24 Å². The highest BCUT2D eigenvalue weighted by Crippen LogP contribution is 2.94. The van der Waals surface area contributed by atoms with Gasteiger partial charge in [-0.15, -0.1) is 0 Å². The molecule has 0 radical (unpaired) electrons. The van der Waals surface area contributed by atoms with E-state index in [9.17, 15) is 0 Å². The minimum Gasteiger partial charge on any atom is -0.309 e. The highest BCUT2D eigenvalue weighted by molar-refractivity contribution is 6.12. The van der Waals surface area contributed by atoms with E-state index in [1.807, 2.05) is 0 Å². The first-order valence-corrected chi connectivity index (χ1v) is 26.5. The number of hydrogen-bond acceptors (Lipinski definition) is 1. The Labute approximate surface area is 411 Å². The minimum atomic E-state index is 0.152. The summed E-state index contributed by atoms with van der Waals surface area (Å²) in [7, 11) is 0. The lowest BCUT2D eigenvalue weighted by Crippen LogP contribution is -2.88. The smallest absolute Gasteiger partial charge is 0.0540 e. The summed E-state index contributed by atoms with van der Waals surface area (Å²) >= 11 is 0. The molecule has 10 aromatic carbocycles. The Kier molecular flexibility index (Phi) is 8.29. The fourth-order valence-corrected chi connectivity index (χ4v) is 16.8. The zero-order chi connectivity index (χ0) is 45.7. The lowest BCUT2D eigenvalue weighted by molar-refractivity contribution is -0.412. The minimum absolute atomic E-state index is 0.152. The van der Waals surface area contributed by atoms with E-state index >= 15 is 0 Å². The number of fused-ring (bicyclic) bond motifs is 11. The van der Waals surface area contributed by atoms with Gasteiger partial charge in [0, 0.05) is 22.2 Å². The Balaban J connectivity index is 0.910.